The van der Waals surface area contributed by atoms with Gasteiger partial charge in [-0.1, -0.05) is 29.8 Å². The summed E-state index contributed by atoms with van der Waals surface area (Å²) >= 11 is 6.02. The van der Waals surface area contributed by atoms with Gasteiger partial charge in [0, 0.05) is 36.2 Å². The molecule has 1 N–H and O–H groups in total. The first-order chi connectivity index (χ1) is 14.6. The summed E-state index contributed by atoms with van der Waals surface area (Å²) in [4.78, 5) is 16.7. The van der Waals surface area contributed by atoms with E-state index in [1.165, 1.54) is 4.90 Å². The van der Waals surface area contributed by atoms with Crippen molar-refractivity contribution in [1.29, 1.82) is 0 Å². The van der Waals surface area contributed by atoms with Gasteiger partial charge in [-0.3, -0.25) is 9.78 Å². The molecule has 1 aromatic heterocycles. The second-order valence-corrected chi connectivity index (χ2v) is 6.80. The molecule has 1 aromatic carbocycles. The van der Waals surface area contributed by atoms with E-state index < -0.39 is 31.4 Å². The Kier molecular flexibility index (Phi) is 5.47. The summed E-state index contributed by atoms with van der Waals surface area (Å²) in [5.41, 5.74) is 1.65. The van der Waals surface area contributed by atoms with E-state index in [-0.39, 0.29) is 19.2 Å². The van der Waals surface area contributed by atoms with E-state index in [9.17, 15) is 4.79 Å². The summed E-state index contributed by atoms with van der Waals surface area (Å²) in [6.07, 6.45) is -1.32. The zero-order valence-electron chi connectivity index (χ0n) is 18.8. The molecule has 1 aliphatic heterocycles. The second-order valence-electron chi connectivity index (χ2n) is 6.37. The standard InChI is InChI=1S/C21H25ClN2O3/c22-17-8-6-16(7-9-17)21(19-4-1-2-12-23-19)27-18-10-14-24(15-11-18)13-3-5-20(25)26/h1-2,4,6-9,12,18,21H,3,5,10-11,13-15H2,(H,25,26)/t21-/m0/s1/i3D2,13D2. The third-order valence-corrected chi connectivity index (χ3v) is 4.63. The number of hydrogen-bond acceptors (Lipinski definition) is 4. The number of carboxylic acid groups (broad SMARTS) is 1. The van der Waals surface area contributed by atoms with Gasteiger partial charge in [-0.15, -0.1) is 0 Å². The van der Waals surface area contributed by atoms with Crippen molar-refractivity contribution in [2.45, 2.75) is 37.8 Å². The number of benzene rings is 1. The van der Waals surface area contributed by atoms with E-state index in [2.05, 4.69) is 4.98 Å². The first-order valence-electron chi connectivity index (χ1n) is 10.9. The van der Waals surface area contributed by atoms with Gasteiger partial charge >= 0.3 is 5.97 Å². The van der Waals surface area contributed by atoms with Gasteiger partial charge < -0.3 is 14.7 Å². The van der Waals surface area contributed by atoms with Crippen LogP contribution in [0.2, 0.25) is 5.02 Å². The van der Waals surface area contributed by atoms with Gasteiger partial charge in [0.1, 0.15) is 6.10 Å². The van der Waals surface area contributed by atoms with Crippen LogP contribution in [-0.2, 0) is 9.53 Å². The van der Waals surface area contributed by atoms with Crippen LogP contribution in [-0.4, -0.2) is 46.7 Å². The molecule has 0 radical (unpaired) electrons. The number of hydrogen-bond donors (Lipinski definition) is 1. The van der Waals surface area contributed by atoms with Gasteiger partial charge in [-0.05, 0) is 55.5 Å². The number of carbonyl (C=O) groups is 1. The fourth-order valence-electron chi connectivity index (χ4n) is 3.01. The van der Waals surface area contributed by atoms with E-state index in [0.29, 0.717) is 17.9 Å². The highest BCUT2D eigenvalue weighted by molar-refractivity contribution is 6.30. The van der Waals surface area contributed by atoms with Crippen LogP contribution in [0.25, 0.3) is 0 Å². The van der Waals surface area contributed by atoms with Crippen molar-refractivity contribution >= 4 is 17.6 Å². The van der Waals surface area contributed by atoms with Gasteiger partial charge in [0.25, 0.3) is 0 Å². The van der Waals surface area contributed by atoms with Crippen molar-refractivity contribution in [2.75, 3.05) is 19.6 Å². The SMILES string of the molecule is [2H]C([2H])(CC(=O)O)C([2H])([2H])N1CCC(O[C@@H](c2ccc(Cl)cc2)c2ccccn2)CC1. The van der Waals surface area contributed by atoms with Gasteiger partial charge in [0.05, 0.1) is 11.8 Å². The largest absolute Gasteiger partial charge is 0.481 e. The summed E-state index contributed by atoms with van der Waals surface area (Å²) in [5, 5.41) is 9.55. The summed E-state index contributed by atoms with van der Waals surface area (Å²) < 4.78 is 38.6. The number of aliphatic carboxylic acids is 1. The maximum Gasteiger partial charge on any atom is 0.303 e. The molecule has 144 valence electrons. The number of aromatic nitrogens is 1. The zero-order chi connectivity index (χ0) is 22.6. The van der Waals surface area contributed by atoms with Gasteiger partial charge in [0.15, 0.2) is 0 Å². The number of likely N-dealkylation sites (tertiary alicyclic amines) is 1. The summed E-state index contributed by atoms with van der Waals surface area (Å²) in [7, 11) is 0. The molecule has 0 bridgehead atoms. The third kappa shape index (κ3) is 6.03. The number of halogens is 1. The Bertz CT molecular complexity index is 876. The van der Waals surface area contributed by atoms with Crippen LogP contribution in [0.5, 0.6) is 0 Å². The average Bonchev–Trinajstić information content (AvgIpc) is 2.73. The molecule has 2 heterocycles. The van der Waals surface area contributed by atoms with Crippen molar-refractivity contribution in [2.24, 2.45) is 0 Å². The van der Waals surface area contributed by atoms with Crippen LogP contribution < -0.4 is 0 Å². The molecule has 5 nitrogen and oxygen atoms in total. The monoisotopic (exact) mass is 392 g/mol. The van der Waals surface area contributed by atoms with E-state index in [0.717, 1.165) is 11.3 Å². The first kappa shape index (κ1) is 15.0. The maximum absolute atomic E-state index is 10.9. The number of ether oxygens (including phenoxy) is 1. The second kappa shape index (κ2) is 9.83. The molecular formula is C21H25ClN2O3. The molecule has 0 unspecified atom stereocenters. The predicted octanol–water partition coefficient (Wildman–Crippen LogP) is 4.17. The molecule has 1 atom stereocenters. The molecule has 0 saturated carbocycles. The quantitative estimate of drug-likeness (QED) is 0.730. The normalized spacial score (nSPS) is 20.2. The highest BCUT2D eigenvalue weighted by Crippen LogP contribution is 2.29. The van der Waals surface area contributed by atoms with E-state index in [1.54, 1.807) is 18.3 Å². The highest BCUT2D eigenvalue weighted by Gasteiger charge is 2.25. The Morgan fingerprint density at radius 1 is 1.30 bits per heavy atom. The highest BCUT2D eigenvalue weighted by atomic mass is 35.5. The minimum Gasteiger partial charge on any atom is -0.481 e. The third-order valence-electron chi connectivity index (χ3n) is 4.38. The van der Waals surface area contributed by atoms with Crippen LogP contribution in [0.4, 0.5) is 0 Å². The van der Waals surface area contributed by atoms with E-state index in [4.69, 9.17) is 26.9 Å². The van der Waals surface area contributed by atoms with Crippen LogP contribution in [0, 0.1) is 0 Å². The first-order valence-corrected chi connectivity index (χ1v) is 9.26. The molecule has 1 aliphatic rings. The van der Waals surface area contributed by atoms with Crippen LogP contribution in [0.1, 0.15) is 48.5 Å². The zero-order valence-corrected chi connectivity index (χ0v) is 15.6. The van der Waals surface area contributed by atoms with Crippen molar-refractivity contribution < 1.29 is 20.1 Å². The lowest BCUT2D eigenvalue weighted by Crippen LogP contribution is -2.38. The van der Waals surface area contributed by atoms with Crippen molar-refractivity contribution in [3.8, 4) is 0 Å². The number of carboxylic acids is 1. The lowest BCUT2D eigenvalue weighted by molar-refractivity contribution is -0.137. The number of nitrogens with zero attached hydrogens (tertiary/aromatic N) is 2. The molecule has 0 aliphatic carbocycles. The number of piperidine rings is 1. The lowest BCUT2D eigenvalue weighted by atomic mass is 10.0. The summed E-state index contributed by atoms with van der Waals surface area (Å²) in [6, 6.07) is 12.9. The molecule has 6 heteroatoms. The average molecular weight is 393 g/mol. The van der Waals surface area contributed by atoms with Crippen molar-refractivity contribution in [3.05, 3.63) is 64.9 Å². The smallest absolute Gasteiger partial charge is 0.303 e. The number of rotatable bonds is 8. The summed E-state index contributed by atoms with van der Waals surface area (Å²) in [5.74, 6) is -1.37. The Balaban J connectivity index is 1.70. The molecular weight excluding hydrogens is 364 g/mol. The number of pyridine rings is 1. The Hall–Kier alpha value is -1.95. The molecule has 0 spiro atoms. The molecule has 1 fully saturated rings. The van der Waals surface area contributed by atoms with Gasteiger partial charge in [-0.2, -0.15) is 0 Å². The van der Waals surface area contributed by atoms with Gasteiger partial charge in [-0.25, -0.2) is 0 Å². The molecule has 3 rings (SSSR count). The summed E-state index contributed by atoms with van der Waals surface area (Å²) in [6.45, 7) is -1.88. The molecule has 2 aromatic rings. The van der Waals surface area contributed by atoms with Crippen LogP contribution in [0.15, 0.2) is 48.7 Å². The predicted molar refractivity (Wildman–Crippen MR) is 105 cm³/mol. The van der Waals surface area contributed by atoms with Crippen LogP contribution in [0.3, 0.4) is 0 Å². The minimum absolute atomic E-state index is 0.180. The fourth-order valence-corrected chi connectivity index (χ4v) is 3.14. The Morgan fingerprint density at radius 2 is 2.04 bits per heavy atom. The topological polar surface area (TPSA) is 62.7 Å². The minimum atomic E-state index is -2.51. The molecule has 0 amide bonds. The van der Waals surface area contributed by atoms with E-state index >= 15 is 0 Å². The van der Waals surface area contributed by atoms with Crippen molar-refractivity contribution in [3.63, 3.8) is 0 Å². The molecule has 27 heavy (non-hydrogen) atoms. The fraction of sp³-hybridized carbons (Fsp3) is 0.429. The molecule has 1 saturated heterocycles. The maximum atomic E-state index is 10.9. The Labute approximate surface area is 170 Å². The lowest BCUT2D eigenvalue weighted by Gasteiger charge is -2.34. The van der Waals surface area contributed by atoms with E-state index in [1.807, 2.05) is 30.3 Å². The van der Waals surface area contributed by atoms with Gasteiger partial charge in [0.2, 0.25) is 0 Å². The van der Waals surface area contributed by atoms with Crippen LogP contribution >= 0.6 is 11.6 Å². The van der Waals surface area contributed by atoms with Crippen molar-refractivity contribution in [1.82, 2.24) is 9.88 Å². The Morgan fingerprint density at radius 3 is 2.67 bits per heavy atom.